The Kier molecular flexibility index (Phi) is 2.83. The van der Waals surface area contributed by atoms with E-state index in [1.807, 2.05) is 0 Å². The normalized spacial score (nSPS) is 25.5. The fourth-order valence-corrected chi connectivity index (χ4v) is 4.14. The van der Waals surface area contributed by atoms with E-state index in [0.717, 1.165) is 5.01 Å². The number of fused-ring (bicyclic) bond motifs is 1. The van der Waals surface area contributed by atoms with Crippen molar-refractivity contribution in [2.24, 2.45) is 0 Å². The molecule has 1 aromatic rings. The van der Waals surface area contributed by atoms with Crippen molar-refractivity contribution in [3.8, 4) is 0 Å². The molecule has 3 aliphatic heterocycles. The smallest absolute Gasteiger partial charge is 0.282 e. The lowest BCUT2D eigenvalue weighted by atomic mass is 9.93. The van der Waals surface area contributed by atoms with Gasteiger partial charge in [0.25, 0.3) is 11.6 Å². The molecule has 2 fully saturated rings. The van der Waals surface area contributed by atoms with Gasteiger partial charge in [-0.3, -0.25) is 24.5 Å². The van der Waals surface area contributed by atoms with Crippen molar-refractivity contribution < 1.29 is 19.3 Å². The van der Waals surface area contributed by atoms with Crippen molar-refractivity contribution in [2.45, 2.75) is 25.4 Å². The SMILES string of the molecule is CC(=O)N1C(=O)C[C@]23c4cccc([N+](=O)[O-])c4C(=O)N2CCCN13. The van der Waals surface area contributed by atoms with Gasteiger partial charge < -0.3 is 4.90 Å². The van der Waals surface area contributed by atoms with Crippen molar-refractivity contribution >= 4 is 23.4 Å². The number of hydrogen-bond acceptors (Lipinski definition) is 6. The summed E-state index contributed by atoms with van der Waals surface area (Å²) in [6.45, 7) is 2.11. The molecule has 0 unspecified atom stereocenters. The average Bonchev–Trinajstić information content (AvgIpc) is 2.97. The molecule has 0 N–H and O–H groups in total. The van der Waals surface area contributed by atoms with Gasteiger partial charge >= 0.3 is 0 Å². The van der Waals surface area contributed by atoms with Gasteiger partial charge in [-0.1, -0.05) is 12.1 Å². The largest absolute Gasteiger partial charge is 0.314 e. The molecule has 3 aliphatic rings. The molecule has 9 heteroatoms. The summed E-state index contributed by atoms with van der Waals surface area (Å²) in [6, 6.07) is 4.43. The minimum Gasteiger partial charge on any atom is -0.314 e. The van der Waals surface area contributed by atoms with Crippen molar-refractivity contribution in [1.29, 1.82) is 0 Å². The fourth-order valence-electron chi connectivity index (χ4n) is 4.14. The molecule has 2 saturated heterocycles. The van der Waals surface area contributed by atoms with Crippen LogP contribution < -0.4 is 0 Å². The van der Waals surface area contributed by atoms with Crippen molar-refractivity contribution in [3.63, 3.8) is 0 Å². The molecule has 1 aromatic carbocycles. The zero-order chi connectivity index (χ0) is 17.2. The van der Waals surface area contributed by atoms with Gasteiger partial charge in [0.1, 0.15) is 11.2 Å². The third-order valence-electron chi connectivity index (χ3n) is 4.93. The van der Waals surface area contributed by atoms with Gasteiger partial charge in [-0.05, 0) is 6.42 Å². The predicted molar refractivity (Wildman–Crippen MR) is 79.3 cm³/mol. The second kappa shape index (κ2) is 4.60. The lowest BCUT2D eigenvalue weighted by molar-refractivity contribution is -0.385. The van der Waals surface area contributed by atoms with Crippen molar-refractivity contribution in [2.75, 3.05) is 13.1 Å². The number of rotatable bonds is 1. The van der Waals surface area contributed by atoms with Crippen molar-refractivity contribution in [1.82, 2.24) is 14.9 Å². The molecule has 0 aliphatic carbocycles. The molecule has 0 saturated carbocycles. The third kappa shape index (κ3) is 1.54. The molecular formula is C15H14N4O5. The number of carbonyl (C=O) groups is 3. The van der Waals surface area contributed by atoms with E-state index < -0.39 is 28.3 Å². The second-order valence-corrected chi connectivity index (χ2v) is 6.11. The van der Waals surface area contributed by atoms with Gasteiger partial charge in [0.15, 0.2) is 0 Å². The number of nitrogens with zero attached hydrogens (tertiary/aromatic N) is 4. The monoisotopic (exact) mass is 330 g/mol. The second-order valence-electron chi connectivity index (χ2n) is 6.11. The number of hydrazine groups is 1. The number of nitro benzene ring substituents is 1. The average molecular weight is 330 g/mol. The van der Waals surface area contributed by atoms with E-state index in [-0.39, 0.29) is 17.7 Å². The van der Waals surface area contributed by atoms with Crippen LogP contribution in [0.25, 0.3) is 0 Å². The van der Waals surface area contributed by atoms with Gasteiger partial charge in [0.05, 0.1) is 11.3 Å². The topological polar surface area (TPSA) is 104 Å². The molecule has 0 radical (unpaired) electrons. The number of nitro groups is 1. The molecule has 24 heavy (non-hydrogen) atoms. The lowest BCUT2D eigenvalue weighted by Gasteiger charge is -2.47. The van der Waals surface area contributed by atoms with Crippen LogP contribution in [0, 0.1) is 10.1 Å². The first kappa shape index (κ1) is 14.8. The predicted octanol–water partition coefficient (Wildman–Crippen LogP) is 0.603. The zero-order valence-corrected chi connectivity index (χ0v) is 12.9. The summed E-state index contributed by atoms with van der Waals surface area (Å²) < 4.78 is 0. The summed E-state index contributed by atoms with van der Waals surface area (Å²) in [4.78, 5) is 49.5. The van der Waals surface area contributed by atoms with Gasteiger partial charge in [-0.15, -0.1) is 0 Å². The first-order valence-electron chi connectivity index (χ1n) is 7.60. The Hall–Kier alpha value is -2.81. The van der Waals surface area contributed by atoms with Gasteiger partial charge in [-0.25, -0.2) is 5.01 Å². The maximum Gasteiger partial charge on any atom is 0.282 e. The molecule has 0 bridgehead atoms. The highest BCUT2D eigenvalue weighted by Gasteiger charge is 2.64. The van der Waals surface area contributed by atoms with E-state index in [4.69, 9.17) is 0 Å². The van der Waals surface area contributed by atoms with Crippen LogP contribution in [0.2, 0.25) is 0 Å². The van der Waals surface area contributed by atoms with Gasteiger partial charge in [0, 0.05) is 31.6 Å². The van der Waals surface area contributed by atoms with E-state index in [1.54, 1.807) is 11.1 Å². The third-order valence-corrected chi connectivity index (χ3v) is 4.93. The quantitative estimate of drug-likeness (QED) is 0.552. The fraction of sp³-hybridized carbons (Fsp3) is 0.400. The van der Waals surface area contributed by atoms with E-state index in [0.29, 0.717) is 25.1 Å². The summed E-state index contributed by atoms with van der Waals surface area (Å²) in [7, 11) is 0. The van der Waals surface area contributed by atoms with Crippen LogP contribution in [0.15, 0.2) is 18.2 Å². The number of carbonyl (C=O) groups excluding carboxylic acids is 3. The Morgan fingerprint density at radius 3 is 2.71 bits per heavy atom. The number of benzene rings is 1. The van der Waals surface area contributed by atoms with Crippen LogP contribution >= 0.6 is 0 Å². The van der Waals surface area contributed by atoms with E-state index in [9.17, 15) is 24.5 Å². The van der Waals surface area contributed by atoms with Crippen molar-refractivity contribution in [3.05, 3.63) is 39.4 Å². The Morgan fingerprint density at radius 1 is 1.29 bits per heavy atom. The highest BCUT2D eigenvalue weighted by molar-refractivity contribution is 6.06. The van der Waals surface area contributed by atoms with Crippen LogP contribution in [0.5, 0.6) is 0 Å². The zero-order valence-electron chi connectivity index (χ0n) is 12.9. The summed E-state index contributed by atoms with van der Waals surface area (Å²) >= 11 is 0. The molecular weight excluding hydrogens is 316 g/mol. The number of hydrogen-bond donors (Lipinski definition) is 0. The summed E-state index contributed by atoms with van der Waals surface area (Å²) in [5.41, 5.74) is -0.944. The summed E-state index contributed by atoms with van der Waals surface area (Å²) in [6.07, 6.45) is 0.499. The maximum atomic E-state index is 12.9. The minimum atomic E-state index is -1.13. The van der Waals surface area contributed by atoms with Crippen LogP contribution in [-0.4, -0.2) is 50.7 Å². The first-order chi connectivity index (χ1) is 11.4. The Morgan fingerprint density at radius 2 is 2.04 bits per heavy atom. The Labute approximate surface area is 136 Å². The van der Waals surface area contributed by atoms with Crippen LogP contribution in [0.1, 0.15) is 35.7 Å². The summed E-state index contributed by atoms with van der Waals surface area (Å²) in [5, 5.41) is 14.0. The van der Waals surface area contributed by atoms with Crippen LogP contribution in [-0.2, 0) is 15.3 Å². The highest BCUT2D eigenvalue weighted by Crippen LogP contribution is 2.52. The molecule has 3 heterocycles. The lowest BCUT2D eigenvalue weighted by Crippen LogP contribution is -2.61. The standard InChI is InChI=1S/C15H14N4O5/c1-9(20)18-12(21)8-15-10-4-2-5-11(19(23)24)13(10)14(22)16(15)6-3-7-17(15)18/h2,4-5H,3,6-8H2,1H3/t15-/m0/s1. The molecule has 3 amide bonds. The molecule has 1 spiro atoms. The van der Waals surface area contributed by atoms with E-state index >= 15 is 0 Å². The Bertz CT molecular complexity index is 822. The maximum absolute atomic E-state index is 12.9. The summed E-state index contributed by atoms with van der Waals surface area (Å²) in [5.74, 6) is -1.29. The van der Waals surface area contributed by atoms with Crippen LogP contribution in [0.4, 0.5) is 5.69 Å². The van der Waals surface area contributed by atoms with Crippen LogP contribution in [0.3, 0.4) is 0 Å². The molecule has 0 aromatic heterocycles. The molecule has 1 atom stereocenters. The molecule has 124 valence electrons. The van der Waals surface area contributed by atoms with E-state index in [2.05, 4.69) is 0 Å². The molecule has 4 rings (SSSR count). The first-order valence-corrected chi connectivity index (χ1v) is 7.60. The van der Waals surface area contributed by atoms with Gasteiger partial charge in [-0.2, -0.15) is 5.01 Å². The minimum absolute atomic E-state index is 0.0209. The number of imide groups is 1. The number of amides is 3. The molecule has 9 nitrogen and oxygen atoms in total. The highest BCUT2D eigenvalue weighted by atomic mass is 16.6. The van der Waals surface area contributed by atoms with E-state index in [1.165, 1.54) is 24.0 Å². The Balaban J connectivity index is 1.99. The van der Waals surface area contributed by atoms with Gasteiger partial charge in [0.2, 0.25) is 11.8 Å².